The fraction of sp³-hybridized carbons (Fsp3) is 0.676. The SMILES string of the molecule is C#C[C@]1(O)[C@H](O)[C@@H](CO)O[C@H]1n1ccc(=O)[nH]c1=O.CC(C)[Si]1(C(C)C)OC[C@H]2O[C@@H](n3ccc(=O)[nH]c3=O)[C@](O)(C#C[Si](C)(C)C)[C@@H]2O[Si](C(C)C)(C(C)C)O1. The first-order valence-electron chi connectivity index (χ1n) is 19.0. The van der Waals surface area contributed by atoms with Gasteiger partial charge in [0.05, 0.1) is 13.2 Å². The van der Waals surface area contributed by atoms with Crippen molar-refractivity contribution in [3.8, 4) is 23.8 Å². The number of aliphatic hydroxyl groups is 4. The molecule has 2 aromatic heterocycles. The minimum absolute atomic E-state index is 0.0401. The van der Waals surface area contributed by atoms with E-state index in [0.717, 1.165) is 16.8 Å². The summed E-state index contributed by atoms with van der Waals surface area (Å²) in [5.41, 5.74) is -3.10. The third-order valence-corrected chi connectivity index (χ3v) is 21.6. The Balaban J connectivity index is 0.000000316. The van der Waals surface area contributed by atoms with Crippen LogP contribution in [-0.2, 0) is 22.4 Å². The van der Waals surface area contributed by atoms with E-state index in [1.54, 1.807) is 0 Å². The zero-order chi connectivity index (χ0) is 43.1. The third kappa shape index (κ3) is 8.88. The number of fused-ring (bicyclic) bond motifs is 1. The highest BCUT2D eigenvalue weighted by Crippen LogP contribution is 2.50. The molecule has 0 saturated carbocycles. The van der Waals surface area contributed by atoms with Crippen molar-refractivity contribution in [2.24, 2.45) is 0 Å². The smallest absolute Gasteiger partial charge is 0.335 e. The quantitative estimate of drug-likeness (QED) is 0.170. The molecule has 0 aromatic carbocycles. The third-order valence-electron chi connectivity index (χ3n) is 10.5. The lowest BCUT2D eigenvalue weighted by Crippen LogP contribution is -2.67. The van der Waals surface area contributed by atoms with Crippen LogP contribution in [0, 0.1) is 23.8 Å². The second kappa shape index (κ2) is 17.2. The van der Waals surface area contributed by atoms with Crippen molar-refractivity contribution in [2.45, 2.75) is 145 Å². The van der Waals surface area contributed by atoms with E-state index in [0.29, 0.717) is 0 Å². The highest BCUT2D eigenvalue weighted by molar-refractivity contribution is 6.84. The summed E-state index contributed by atoms with van der Waals surface area (Å²) in [6, 6.07) is 2.27. The van der Waals surface area contributed by atoms with Crippen molar-refractivity contribution in [1.82, 2.24) is 19.1 Å². The van der Waals surface area contributed by atoms with E-state index in [1.165, 1.54) is 16.8 Å². The molecule has 0 spiro atoms. The fourth-order valence-electron chi connectivity index (χ4n) is 7.45. The number of H-pyrrole nitrogens is 2. The van der Waals surface area contributed by atoms with Gasteiger partial charge in [0.1, 0.15) is 32.5 Å². The predicted molar refractivity (Wildman–Crippen MR) is 217 cm³/mol. The largest absolute Gasteiger partial charge is 0.414 e. The first-order valence-corrected chi connectivity index (χ1v) is 26.5. The molecular formula is C37H58N4O13Si3. The molecule has 0 radical (unpaired) electrons. The van der Waals surface area contributed by atoms with Crippen molar-refractivity contribution in [3.05, 3.63) is 66.2 Å². The van der Waals surface area contributed by atoms with Gasteiger partial charge in [-0.25, -0.2) is 9.59 Å². The van der Waals surface area contributed by atoms with Gasteiger partial charge < -0.3 is 42.9 Å². The van der Waals surface area contributed by atoms with E-state index < -0.39 is 102 Å². The van der Waals surface area contributed by atoms with Crippen molar-refractivity contribution in [1.29, 1.82) is 0 Å². The zero-order valence-corrected chi connectivity index (χ0v) is 37.4. The maximum absolute atomic E-state index is 12.9. The average molecular weight is 851 g/mol. The summed E-state index contributed by atoms with van der Waals surface area (Å²) in [6.45, 7) is 22.8. The van der Waals surface area contributed by atoms with Crippen molar-refractivity contribution >= 4 is 25.2 Å². The van der Waals surface area contributed by atoms with E-state index in [-0.39, 0.29) is 28.8 Å². The number of nitrogens with zero attached hydrogens (tertiary/aromatic N) is 2. The molecule has 3 saturated heterocycles. The number of terminal acetylenes is 1. The second-order valence-corrected chi connectivity index (χ2v) is 30.6. The lowest BCUT2D eigenvalue weighted by atomic mass is 9.95. The Morgan fingerprint density at radius 3 is 1.72 bits per heavy atom. The summed E-state index contributed by atoms with van der Waals surface area (Å²) < 4.78 is 34.8. The molecule has 20 heteroatoms. The van der Waals surface area contributed by atoms with Gasteiger partial charge in [0.2, 0.25) is 0 Å². The molecule has 0 unspecified atom stereocenters. The Bertz CT molecular complexity index is 2080. The van der Waals surface area contributed by atoms with Crippen LogP contribution in [0.5, 0.6) is 0 Å². The fourth-order valence-corrected chi connectivity index (χ4v) is 19.3. The number of aromatic nitrogens is 4. The normalized spacial score (nSPS) is 30.8. The number of aromatic amines is 2. The summed E-state index contributed by atoms with van der Waals surface area (Å²) in [5, 5.41) is 41.4. The Hall–Kier alpha value is -3.23. The van der Waals surface area contributed by atoms with Gasteiger partial charge in [-0.1, -0.05) is 86.9 Å². The molecular weight excluding hydrogens is 793 g/mol. The van der Waals surface area contributed by atoms with Crippen LogP contribution in [0.3, 0.4) is 0 Å². The van der Waals surface area contributed by atoms with Gasteiger partial charge in [-0.2, -0.15) is 0 Å². The van der Waals surface area contributed by atoms with Crippen LogP contribution in [0.4, 0.5) is 0 Å². The van der Waals surface area contributed by atoms with Gasteiger partial charge in [-0.15, -0.1) is 12.0 Å². The van der Waals surface area contributed by atoms with E-state index >= 15 is 0 Å². The van der Waals surface area contributed by atoms with E-state index in [4.69, 9.17) is 34.0 Å². The highest BCUT2D eigenvalue weighted by Gasteiger charge is 2.66. The van der Waals surface area contributed by atoms with Crippen LogP contribution in [-0.4, -0.2) is 114 Å². The number of rotatable bonds is 7. The Morgan fingerprint density at radius 2 is 1.32 bits per heavy atom. The van der Waals surface area contributed by atoms with E-state index in [2.05, 4.69) is 91.5 Å². The van der Waals surface area contributed by atoms with Crippen molar-refractivity contribution < 1.29 is 42.9 Å². The lowest BCUT2D eigenvalue weighted by Gasteiger charge is -2.51. The first-order chi connectivity index (χ1) is 26.3. The maximum Gasteiger partial charge on any atom is 0.335 e. The first kappa shape index (κ1) is 46.5. The van der Waals surface area contributed by atoms with Gasteiger partial charge in [0.25, 0.3) is 11.1 Å². The molecule has 2 aromatic rings. The van der Waals surface area contributed by atoms with Crippen LogP contribution in [0.2, 0.25) is 41.8 Å². The number of aliphatic hydroxyl groups excluding tert-OH is 2. The van der Waals surface area contributed by atoms with Gasteiger partial charge in [0.15, 0.2) is 23.7 Å². The summed E-state index contributed by atoms with van der Waals surface area (Å²) >= 11 is 0. The summed E-state index contributed by atoms with van der Waals surface area (Å²) in [6.07, 6.45) is 0.669. The number of hydrogen-bond donors (Lipinski definition) is 6. The molecule has 6 N–H and O–H groups in total. The number of ether oxygens (including phenoxy) is 2. The Morgan fingerprint density at radius 1 is 0.842 bits per heavy atom. The summed E-state index contributed by atoms with van der Waals surface area (Å²) in [5.74, 6) is 5.07. The van der Waals surface area contributed by atoms with Crippen LogP contribution in [0.1, 0.15) is 67.8 Å². The Kier molecular flexibility index (Phi) is 14.0. The highest BCUT2D eigenvalue weighted by atomic mass is 28.5. The molecule has 57 heavy (non-hydrogen) atoms. The van der Waals surface area contributed by atoms with Gasteiger partial charge in [-0.3, -0.25) is 28.7 Å². The molecule has 316 valence electrons. The maximum atomic E-state index is 12.9. The van der Waals surface area contributed by atoms with Gasteiger partial charge in [0, 0.05) is 24.5 Å². The van der Waals surface area contributed by atoms with Gasteiger partial charge in [-0.05, 0) is 22.2 Å². The van der Waals surface area contributed by atoms with Crippen LogP contribution < -0.4 is 22.5 Å². The molecule has 0 bridgehead atoms. The molecule has 3 aliphatic rings. The summed E-state index contributed by atoms with van der Waals surface area (Å²) in [7, 11) is -7.87. The summed E-state index contributed by atoms with van der Waals surface area (Å²) in [4.78, 5) is 51.5. The number of hydrogen-bond acceptors (Lipinski definition) is 13. The number of nitrogens with one attached hydrogen (secondary N) is 2. The van der Waals surface area contributed by atoms with E-state index in [1.807, 2.05) is 10.9 Å². The molecule has 0 amide bonds. The van der Waals surface area contributed by atoms with Crippen LogP contribution >= 0.6 is 0 Å². The van der Waals surface area contributed by atoms with Gasteiger partial charge >= 0.3 is 28.5 Å². The molecule has 3 fully saturated rings. The standard InChI is InChI=1S/C26H46N2O7Si3.C11H12N2O6/c1-17(2)37(18(3)4)32-16-21-23(34-38(35-37,19(5)6)20(7)8)26(31,13-15-36(9,10)11)24(33-21)28-14-12-22(29)27-25(28)30;1-2-11(18)8(16)6(5-14)19-9(11)13-4-3-7(15)12-10(13)17/h12,14,17-21,23-24,31H,16H2,1-11H3,(H,27,29,30);1,3-4,6,8-9,14,16,18H,5H2,(H,12,15,17)/t21-,23-,24-,26+;6-,8-,9-,11+/m11/s1. The molecule has 3 aliphatic heterocycles. The average Bonchev–Trinajstić information content (AvgIpc) is 3.51. The Labute approximate surface area is 334 Å². The van der Waals surface area contributed by atoms with Crippen LogP contribution in [0.25, 0.3) is 0 Å². The second-order valence-electron chi connectivity index (χ2n) is 17.0. The van der Waals surface area contributed by atoms with Crippen LogP contribution in [0.15, 0.2) is 43.7 Å². The predicted octanol–water partition coefficient (Wildman–Crippen LogP) is 1.15. The lowest BCUT2D eigenvalue weighted by molar-refractivity contribution is -0.0764. The van der Waals surface area contributed by atoms with Crippen molar-refractivity contribution in [2.75, 3.05) is 13.2 Å². The minimum Gasteiger partial charge on any atom is -0.414 e. The molecule has 8 atom stereocenters. The molecule has 5 heterocycles. The molecule has 5 rings (SSSR count). The monoisotopic (exact) mass is 850 g/mol. The molecule has 0 aliphatic carbocycles. The minimum atomic E-state index is -3.09. The van der Waals surface area contributed by atoms with E-state index in [9.17, 15) is 34.5 Å². The van der Waals surface area contributed by atoms with Crippen molar-refractivity contribution in [3.63, 3.8) is 0 Å². The topological polar surface area (TPSA) is 237 Å². The zero-order valence-electron chi connectivity index (χ0n) is 34.4. The molecule has 17 nitrogen and oxygen atoms in total.